The largest absolute Gasteiger partial charge is 0.497 e. The zero-order valence-electron chi connectivity index (χ0n) is 11.3. The minimum absolute atomic E-state index is 0.235. The molecule has 0 aliphatic heterocycles. The highest BCUT2D eigenvalue weighted by Crippen LogP contribution is 2.29. The van der Waals surface area contributed by atoms with Crippen molar-refractivity contribution in [3.8, 4) is 23.8 Å². The van der Waals surface area contributed by atoms with Gasteiger partial charge in [-0.05, 0) is 26.5 Å². The van der Waals surface area contributed by atoms with Crippen LogP contribution in [0.25, 0.3) is 0 Å². The van der Waals surface area contributed by atoms with Gasteiger partial charge in [-0.1, -0.05) is 6.07 Å². The lowest BCUT2D eigenvalue weighted by Gasteiger charge is -2.17. The maximum atomic E-state index is 5.79. The molecule has 0 fully saturated rings. The summed E-state index contributed by atoms with van der Waals surface area (Å²) >= 11 is 0. The summed E-state index contributed by atoms with van der Waals surface area (Å²) in [6.45, 7) is 2.72. The van der Waals surface area contributed by atoms with Crippen LogP contribution >= 0.6 is 0 Å². The number of nitrogens with one attached hydrogen (secondary N) is 1. The number of terminal acetylenes is 1. The molecule has 0 amide bonds. The molecule has 1 atom stereocenters. The van der Waals surface area contributed by atoms with E-state index < -0.39 is 0 Å². The van der Waals surface area contributed by atoms with Gasteiger partial charge in [0, 0.05) is 24.1 Å². The molecule has 1 aromatic carbocycles. The molecule has 0 bridgehead atoms. The number of methoxy groups -OCH3 is 1. The summed E-state index contributed by atoms with van der Waals surface area (Å²) in [5.41, 5.74) is 1.12. The quantitative estimate of drug-likeness (QED) is 0.593. The van der Waals surface area contributed by atoms with Crippen molar-refractivity contribution < 1.29 is 9.47 Å². The molecule has 1 aromatic rings. The van der Waals surface area contributed by atoms with Gasteiger partial charge in [-0.3, -0.25) is 0 Å². The summed E-state index contributed by atoms with van der Waals surface area (Å²) in [6.07, 6.45) is 6.82. The number of unbranched alkanes of at least 4 members (excludes halogenated alkanes) is 1. The van der Waals surface area contributed by atoms with Crippen molar-refractivity contribution >= 4 is 0 Å². The molecular weight excluding hydrogens is 226 g/mol. The molecule has 3 heteroatoms. The van der Waals surface area contributed by atoms with Gasteiger partial charge < -0.3 is 14.8 Å². The van der Waals surface area contributed by atoms with Crippen molar-refractivity contribution in [2.75, 3.05) is 20.8 Å². The Hall–Kier alpha value is -1.66. The fraction of sp³-hybridized carbons (Fsp3) is 0.467. The third-order valence-corrected chi connectivity index (χ3v) is 2.84. The van der Waals surface area contributed by atoms with Crippen LogP contribution < -0.4 is 14.8 Å². The minimum Gasteiger partial charge on any atom is -0.497 e. The van der Waals surface area contributed by atoms with Crippen LogP contribution in [-0.2, 0) is 0 Å². The van der Waals surface area contributed by atoms with E-state index in [1.54, 1.807) is 7.11 Å². The van der Waals surface area contributed by atoms with Gasteiger partial charge in [-0.2, -0.15) is 0 Å². The zero-order valence-corrected chi connectivity index (χ0v) is 11.3. The summed E-state index contributed by atoms with van der Waals surface area (Å²) in [7, 11) is 3.58. The molecule has 0 aromatic heterocycles. The first-order valence-corrected chi connectivity index (χ1v) is 6.14. The van der Waals surface area contributed by atoms with Crippen molar-refractivity contribution in [1.82, 2.24) is 5.32 Å². The smallest absolute Gasteiger partial charge is 0.127 e. The Kier molecular flexibility index (Phi) is 6.10. The summed E-state index contributed by atoms with van der Waals surface area (Å²) in [5, 5.41) is 3.21. The van der Waals surface area contributed by atoms with Crippen LogP contribution in [-0.4, -0.2) is 20.8 Å². The number of rotatable bonds is 7. The normalized spacial score (nSPS) is 11.7. The number of ether oxygens (including phenoxy) is 2. The molecule has 0 saturated heterocycles. The predicted octanol–water partition coefficient (Wildman–Crippen LogP) is 2.77. The Balaban J connectivity index is 2.80. The van der Waals surface area contributed by atoms with Gasteiger partial charge in [-0.25, -0.2) is 0 Å². The Bertz CT molecular complexity index is 409. The minimum atomic E-state index is 0.235. The van der Waals surface area contributed by atoms with Gasteiger partial charge in [0.25, 0.3) is 0 Å². The van der Waals surface area contributed by atoms with Crippen molar-refractivity contribution in [2.24, 2.45) is 0 Å². The molecule has 0 heterocycles. The van der Waals surface area contributed by atoms with E-state index in [-0.39, 0.29) is 6.04 Å². The van der Waals surface area contributed by atoms with E-state index in [0.717, 1.165) is 29.9 Å². The van der Waals surface area contributed by atoms with Crippen LogP contribution in [0.1, 0.15) is 31.4 Å². The molecule has 0 saturated carbocycles. The van der Waals surface area contributed by atoms with Crippen LogP contribution in [0.4, 0.5) is 0 Å². The second-order valence-electron chi connectivity index (χ2n) is 4.07. The van der Waals surface area contributed by atoms with Crippen LogP contribution in [0.3, 0.4) is 0 Å². The first kappa shape index (κ1) is 14.4. The van der Waals surface area contributed by atoms with Crippen LogP contribution in [0.2, 0.25) is 0 Å². The topological polar surface area (TPSA) is 30.5 Å². The average molecular weight is 247 g/mol. The molecule has 1 unspecified atom stereocenters. The zero-order chi connectivity index (χ0) is 13.4. The van der Waals surface area contributed by atoms with Gasteiger partial charge in [0.15, 0.2) is 0 Å². The average Bonchev–Trinajstić information content (AvgIpc) is 2.42. The van der Waals surface area contributed by atoms with Gasteiger partial charge >= 0.3 is 0 Å². The first-order valence-electron chi connectivity index (χ1n) is 6.14. The second kappa shape index (κ2) is 7.62. The number of benzene rings is 1. The summed E-state index contributed by atoms with van der Waals surface area (Å²) in [4.78, 5) is 0. The van der Waals surface area contributed by atoms with E-state index in [2.05, 4.69) is 18.2 Å². The van der Waals surface area contributed by atoms with Gasteiger partial charge in [0.2, 0.25) is 0 Å². The molecule has 18 heavy (non-hydrogen) atoms. The fourth-order valence-corrected chi connectivity index (χ4v) is 1.64. The number of hydrogen-bond acceptors (Lipinski definition) is 3. The molecular formula is C15H21NO2. The lowest BCUT2D eigenvalue weighted by atomic mass is 10.1. The van der Waals surface area contributed by atoms with Crippen molar-refractivity contribution in [3.63, 3.8) is 0 Å². The Morgan fingerprint density at radius 2 is 2.22 bits per heavy atom. The third kappa shape index (κ3) is 3.97. The molecule has 1 rings (SSSR count). The Morgan fingerprint density at radius 1 is 1.44 bits per heavy atom. The Labute approximate surface area is 109 Å². The van der Waals surface area contributed by atoms with Crippen LogP contribution in [0, 0.1) is 12.3 Å². The van der Waals surface area contributed by atoms with Gasteiger partial charge in [0.1, 0.15) is 11.5 Å². The van der Waals surface area contributed by atoms with E-state index in [9.17, 15) is 0 Å². The molecule has 3 nitrogen and oxygen atoms in total. The van der Waals surface area contributed by atoms with E-state index in [1.807, 2.05) is 25.2 Å². The van der Waals surface area contributed by atoms with Gasteiger partial charge in [0.05, 0.1) is 13.7 Å². The van der Waals surface area contributed by atoms with E-state index >= 15 is 0 Å². The molecule has 1 N–H and O–H groups in total. The lowest BCUT2D eigenvalue weighted by Crippen LogP contribution is -2.14. The maximum Gasteiger partial charge on any atom is 0.127 e. The highest BCUT2D eigenvalue weighted by molar-refractivity contribution is 5.42. The fourth-order valence-electron chi connectivity index (χ4n) is 1.64. The summed E-state index contributed by atoms with van der Waals surface area (Å²) < 4.78 is 11.0. The molecule has 0 spiro atoms. The van der Waals surface area contributed by atoms with Crippen molar-refractivity contribution in [2.45, 2.75) is 25.8 Å². The summed E-state index contributed by atoms with van der Waals surface area (Å²) in [5.74, 6) is 4.26. The lowest BCUT2D eigenvalue weighted by molar-refractivity contribution is 0.304. The molecule has 98 valence electrons. The SMILES string of the molecule is C#CCCCOc1cc(OC)ccc1C(C)NC. The molecule has 0 radical (unpaired) electrons. The van der Waals surface area contributed by atoms with Gasteiger partial charge in [-0.15, -0.1) is 12.3 Å². The second-order valence-corrected chi connectivity index (χ2v) is 4.07. The van der Waals surface area contributed by atoms with Crippen molar-refractivity contribution in [1.29, 1.82) is 0 Å². The Morgan fingerprint density at radius 3 is 2.83 bits per heavy atom. The monoisotopic (exact) mass is 247 g/mol. The highest BCUT2D eigenvalue weighted by Gasteiger charge is 2.11. The molecule has 0 aliphatic carbocycles. The standard InChI is InChI=1S/C15H21NO2/c1-5-6-7-10-18-15-11-13(17-4)8-9-14(15)12(2)16-3/h1,8-9,11-12,16H,6-7,10H2,2-4H3. The maximum absolute atomic E-state index is 5.79. The third-order valence-electron chi connectivity index (χ3n) is 2.84. The molecule has 0 aliphatic rings. The van der Waals surface area contributed by atoms with E-state index in [0.29, 0.717) is 6.61 Å². The predicted molar refractivity (Wildman–Crippen MR) is 74.0 cm³/mol. The van der Waals surface area contributed by atoms with E-state index in [4.69, 9.17) is 15.9 Å². The van der Waals surface area contributed by atoms with Crippen molar-refractivity contribution in [3.05, 3.63) is 23.8 Å². The van der Waals surface area contributed by atoms with Crippen LogP contribution in [0.15, 0.2) is 18.2 Å². The number of hydrogen-bond donors (Lipinski definition) is 1. The highest BCUT2D eigenvalue weighted by atomic mass is 16.5. The summed E-state index contributed by atoms with van der Waals surface area (Å²) in [6, 6.07) is 6.12. The van der Waals surface area contributed by atoms with E-state index in [1.165, 1.54) is 0 Å². The first-order chi connectivity index (χ1) is 8.72. The van der Waals surface area contributed by atoms with Crippen LogP contribution in [0.5, 0.6) is 11.5 Å².